The first kappa shape index (κ1) is 16.5. The molecule has 1 atom stereocenters. The van der Waals surface area contributed by atoms with Crippen LogP contribution in [-0.4, -0.2) is 39.1 Å². The van der Waals surface area contributed by atoms with E-state index in [2.05, 4.69) is 26.3 Å². The summed E-state index contributed by atoms with van der Waals surface area (Å²) in [7, 11) is 0. The number of alkyl carbamates (subject to hydrolysis) is 1. The number of carboxylic acid groups (broad SMARTS) is 1. The Bertz CT molecular complexity index is 507. The summed E-state index contributed by atoms with van der Waals surface area (Å²) in [6.07, 6.45) is -0.549. The van der Waals surface area contributed by atoms with Crippen LogP contribution in [0, 0.1) is 0 Å². The fourth-order valence-electron chi connectivity index (χ4n) is 1.49. The molecule has 1 heterocycles. The molecule has 1 amide bonds. The predicted molar refractivity (Wildman–Crippen MR) is 75.8 cm³/mol. The molecule has 0 aliphatic carbocycles. The number of ether oxygens (including phenoxy) is 1. The minimum atomic E-state index is -1.08. The van der Waals surface area contributed by atoms with E-state index in [-0.39, 0.29) is 18.3 Å². The summed E-state index contributed by atoms with van der Waals surface area (Å²) < 4.78 is 6.87. The number of carbonyl (C=O) groups is 2. The number of halogens is 1. The number of hydrogen-bond acceptors (Lipinski definition) is 4. The number of hydrogen-bond donors (Lipinski definition) is 2. The largest absolute Gasteiger partial charge is 0.477 e. The molecule has 0 aliphatic heterocycles. The molecular weight excluding hydrogens is 330 g/mol. The van der Waals surface area contributed by atoms with Gasteiger partial charge in [0, 0.05) is 12.6 Å². The van der Waals surface area contributed by atoms with Crippen LogP contribution in [0.2, 0.25) is 0 Å². The van der Waals surface area contributed by atoms with Gasteiger partial charge in [0.2, 0.25) is 0 Å². The molecule has 0 saturated heterocycles. The van der Waals surface area contributed by atoms with E-state index in [0.29, 0.717) is 4.60 Å². The van der Waals surface area contributed by atoms with Gasteiger partial charge < -0.3 is 15.2 Å². The molecule has 1 aromatic heterocycles. The Balaban J connectivity index is 2.66. The molecule has 0 saturated carbocycles. The van der Waals surface area contributed by atoms with Gasteiger partial charge in [-0.15, -0.1) is 0 Å². The maximum absolute atomic E-state index is 11.5. The Morgan fingerprint density at radius 1 is 1.55 bits per heavy atom. The lowest BCUT2D eigenvalue weighted by atomic mass is 10.2. The summed E-state index contributed by atoms with van der Waals surface area (Å²) in [5, 5.41) is 15.7. The zero-order valence-electron chi connectivity index (χ0n) is 11.8. The smallest absolute Gasteiger partial charge is 0.407 e. The molecule has 1 rings (SSSR count). The van der Waals surface area contributed by atoms with Gasteiger partial charge in [0.15, 0.2) is 0 Å². The number of carboxylic acids is 1. The maximum Gasteiger partial charge on any atom is 0.407 e. The van der Waals surface area contributed by atoms with Crippen LogP contribution in [-0.2, 0) is 4.74 Å². The Morgan fingerprint density at radius 3 is 2.65 bits per heavy atom. The number of nitrogens with one attached hydrogen (secondary N) is 1. The van der Waals surface area contributed by atoms with Crippen LogP contribution in [0.25, 0.3) is 0 Å². The predicted octanol–water partition coefficient (Wildman–Crippen LogP) is 2.43. The van der Waals surface area contributed by atoms with Crippen LogP contribution in [0.5, 0.6) is 0 Å². The van der Waals surface area contributed by atoms with Crippen LogP contribution in [0.1, 0.15) is 44.2 Å². The van der Waals surface area contributed by atoms with Crippen molar-refractivity contribution in [1.82, 2.24) is 15.1 Å². The second-order valence-corrected chi connectivity index (χ2v) is 6.15. The number of aromatic carboxylic acids is 1. The zero-order chi connectivity index (χ0) is 15.5. The Kier molecular flexibility index (Phi) is 5.15. The molecule has 0 spiro atoms. The van der Waals surface area contributed by atoms with Crippen molar-refractivity contribution in [3.63, 3.8) is 0 Å². The van der Waals surface area contributed by atoms with Gasteiger partial charge in [-0.2, -0.15) is 5.10 Å². The van der Waals surface area contributed by atoms with Crippen LogP contribution in [0.4, 0.5) is 4.79 Å². The number of rotatable bonds is 4. The van der Waals surface area contributed by atoms with Crippen molar-refractivity contribution in [1.29, 1.82) is 0 Å². The van der Waals surface area contributed by atoms with Crippen molar-refractivity contribution >= 4 is 28.0 Å². The molecule has 0 bridgehead atoms. The number of nitrogens with zero attached hydrogens (tertiary/aromatic N) is 2. The third-order valence-corrected chi connectivity index (χ3v) is 2.67. The highest BCUT2D eigenvalue weighted by Gasteiger charge is 2.20. The third-order valence-electron chi connectivity index (χ3n) is 2.28. The number of amides is 1. The lowest BCUT2D eigenvalue weighted by Gasteiger charge is -2.21. The normalized spacial score (nSPS) is 12.8. The Labute approximate surface area is 125 Å². The highest BCUT2D eigenvalue weighted by Crippen LogP contribution is 2.15. The van der Waals surface area contributed by atoms with E-state index in [1.807, 2.05) is 0 Å². The molecule has 0 aliphatic rings. The first-order valence-corrected chi connectivity index (χ1v) is 6.84. The molecule has 1 aromatic rings. The summed E-state index contributed by atoms with van der Waals surface area (Å²) in [5.41, 5.74) is -0.524. The summed E-state index contributed by atoms with van der Waals surface area (Å²) >= 11 is 3.13. The van der Waals surface area contributed by atoms with Crippen LogP contribution >= 0.6 is 15.9 Å². The fraction of sp³-hybridized carbons (Fsp3) is 0.583. The molecule has 8 heteroatoms. The van der Waals surface area contributed by atoms with Gasteiger partial charge >= 0.3 is 12.1 Å². The molecule has 2 N–H and O–H groups in total. The molecule has 0 fully saturated rings. The third kappa shape index (κ3) is 4.84. The second kappa shape index (κ2) is 6.25. The van der Waals surface area contributed by atoms with E-state index in [9.17, 15) is 9.59 Å². The van der Waals surface area contributed by atoms with E-state index in [4.69, 9.17) is 9.84 Å². The highest BCUT2D eigenvalue weighted by atomic mass is 79.9. The summed E-state index contributed by atoms with van der Waals surface area (Å²) in [6, 6.07) is 1.09. The number of aromatic nitrogens is 2. The molecule has 0 aromatic carbocycles. The van der Waals surface area contributed by atoms with Gasteiger partial charge in [-0.1, -0.05) is 0 Å². The van der Waals surface area contributed by atoms with Crippen molar-refractivity contribution in [2.45, 2.75) is 39.3 Å². The molecule has 7 nitrogen and oxygen atoms in total. The second-order valence-electron chi connectivity index (χ2n) is 5.33. The van der Waals surface area contributed by atoms with Gasteiger partial charge in [-0.3, -0.25) is 4.68 Å². The summed E-state index contributed by atoms with van der Waals surface area (Å²) in [5.74, 6) is -1.08. The topological polar surface area (TPSA) is 93.5 Å². The quantitative estimate of drug-likeness (QED) is 0.872. The maximum atomic E-state index is 11.5. The van der Waals surface area contributed by atoms with Crippen LogP contribution < -0.4 is 5.32 Å². The lowest BCUT2D eigenvalue weighted by Crippen LogP contribution is -2.36. The molecule has 20 heavy (non-hydrogen) atoms. The van der Waals surface area contributed by atoms with Crippen LogP contribution in [0.15, 0.2) is 10.7 Å². The molecule has 0 unspecified atom stereocenters. The van der Waals surface area contributed by atoms with Crippen molar-refractivity contribution in [3.8, 4) is 0 Å². The minimum absolute atomic E-state index is 0.0513. The standard InChI is InChI=1S/C12H18BrN3O4/c1-7(6-14-11(19)20-12(2,3)4)16-8(10(17)18)5-9(13)15-16/h5,7H,6H2,1-4H3,(H,14,19)(H,17,18)/t7-/m0/s1. The fourth-order valence-corrected chi connectivity index (χ4v) is 1.88. The van der Waals surface area contributed by atoms with E-state index in [0.717, 1.165) is 0 Å². The zero-order valence-corrected chi connectivity index (χ0v) is 13.4. The van der Waals surface area contributed by atoms with Crippen molar-refractivity contribution < 1.29 is 19.4 Å². The first-order valence-electron chi connectivity index (χ1n) is 6.05. The Morgan fingerprint density at radius 2 is 2.15 bits per heavy atom. The Hall–Kier alpha value is -1.57. The average molecular weight is 348 g/mol. The van der Waals surface area contributed by atoms with E-state index >= 15 is 0 Å². The minimum Gasteiger partial charge on any atom is -0.477 e. The van der Waals surface area contributed by atoms with Crippen LogP contribution in [0.3, 0.4) is 0 Å². The first-order chi connectivity index (χ1) is 9.10. The van der Waals surface area contributed by atoms with Gasteiger partial charge in [0.05, 0.1) is 6.04 Å². The molecule has 112 valence electrons. The van der Waals surface area contributed by atoms with Gasteiger partial charge in [0.25, 0.3) is 0 Å². The summed E-state index contributed by atoms with van der Waals surface area (Å²) in [6.45, 7) is 7.27. The highest BCUT2D eigenvalue weighted by molar-refractivity contribution is 9.10. The lowest BCUT2D eigenvalue weighted by molar-refractivity contribution is 0.0520. The van der Waals surface area contributed by atoms with E-state index in [1.54, 1.807) is 27.7 Å². The SMILES string of the molecule is C[C@@H](CNC(=O)OC(C)(C)C)n1nc(Br)cc1C(=O)O. The molecular formula is C12H18BrN3O4. The van der Waals surface area contributed by atoms with Crippen molar-refractivity contribution in [2.24, 2.45) is 0 Å². The summed E-state index contributed by atoms with van der Waals surface area (Å²) in [4.78, 5) is 22.6. The van der Waals surface area contributed by atoms with E-state index < -0.39 is 17.7 Å². The van der Waals surface area contributed by atoms with Gasteiger partial charge in [-0.25, -0.2) is 9.59 Å². The number of carbonyl (C=O) groups excluding carboxylic acids is 1. The average Bonchev–Trinajstić information content (AvgIpc) is 2.66. The van der Waals surface area contributed by atoms with Crippen molar-refractivity contribution in [2.75, 3.05) is 6.54 Å². The van der Waals surface area contributed by atoms with E-state index in [1.165, 1.54) is 10.7 Å². The van der Waals surface area contributed by atoms with Gasteiger partial charge in [0.1, 0.15) is 15.9 Å². The van der Waals surface area contributed by atoms with Crippen molar-refractivity contribution in [3.05, 3.63) is 16.4 Å². The van der Waals surface area contributed by atoms with Gasteiger partial charge in [-0.05, 0) is 43.6 Å². The molecule has 0 radical (unpaired) electrons. The monoisotopic (exact) mass is 347 g/mol.